The van der Waals surface area contributed by atoms with E-state index < -0.39 is 34.7 Å². The molecule has 0 fully saturated rings. The van der Waals surface area contributed by atoms with Gasteiger partial charge in [0.15, 0.2) is 29.2 Å². The van der Waals surface area contributed by atoms with Crippen molar-refractivity contribution in [2.24, 2.45) is 5.92 Å². The highest BCUT2D eigenvalue weighted by Crippen LogP contribution is 2.16. The predicted molar refractivity (Wildman–Crippen MR) is 45.4 cm³/mol. The van der Waals surface area contributed by atoms with Crippen LogP contribution in [0, 0.1) is 46.0 Å². The van der Waals surface area contributed by atoms with E-state index in [1.165, 1.54) is 12.1 Å². The molecule has 0 saturated heterocycles. The molecule has 0 aliphatic carbocycles. The Hall–Kier alpha value is -2.34. The smallest absolute Gasteiger partial charge is 0.195 e. The fourth-order valence-electron chi connectivity index (χ4n) is 1.01. The van der Waals surface area contributed by atoms with Crippen LogP contribution in [0.4, 0.5) is 13.2 Å². The molecule has 1 aromatic carbocycles. The van der Waals surface area contributed by atoms with Gasteiger partial charge in [-0.2, -0.15) is 10.5 Å². The molecule has 0 radical (unpaired) electrons. The molecule has 0 aliphatic heterocycles. The molecule has 0 N–H and O–H groups in total. The van der Waals surface area contributed by atoms with Gasteiger partial charge in [-0.1, -0.05) is 0 Å². The molecule has 0 aliphatic rings. The minimum absolute atomic E-state index is 0.447. The number of nitriles is 2. The van der Waals surface area contributed by atoms with Gasteiger partial charge in [-0.25, -0.2) is 13.2 Å². The van der Waals surface area contributed by atoms with Crippen molar-refractivity contribution in [3.63, 3.8) is 0 Å². The first-order valence-corrected chi connectivity index (χ1v) is 3.99. The highest BCUT2D eigenvalue weighted by atomic mass is 19.2. The van der Waals surface area contributed by atoms with Crippen molar-refractivity contribution < 1.29 is 18.0 Å². The number of carbonyl (C=O) groups is 1. The zero-order valence-electron chi connectivity index (χ0n) is 7.67. The van der Waals surface area contributed by atoms with E-state index in [-0.39, 0.29) is 0 Å². The fourth-order valence-corrected chi connectivity index (χ4v) is 1.01. The average molecular weight is 224 g/mol. The molecule has 0 heterocycles. The zero-order valence-corrected chi connectivity index (χ0v) is 7.67. The summed E-state index contributed by atoms with van der Waals surface area (Å²) in [7, 11) is 0. The van der Waals surface area contributed by atoms with Gasteiger partial charge < -0.3 is 0 Å². The van der Waals surface area contributed by atoms with Crippen LogP contribution in [0.25, 0.3) is 0 Å². The molecule has 1 rings (SSSR count). The number of benzene rings is 1. The van der Waals surface area contributed by atoms with E-state index in [1.54, 1.807) is 0 Å². The van der Waals surface area contributed by atoms with Gasteiger partial charge in [0.2, 0.25) is 0 Å². The molecule has 0 spiro atoms. The lowest BCUT2D eigenvalue weighted by Gasteiger charge is -2.02. The largest absolute Gasteiger partial charge is 0.291 e. The number of Topliss-reactive ketones (excluding diaryl/α,β-unsaturated/α-hetero) is 1. The van der Waals surface area contributed by atoms with E-state index in [0.717, 1.165) is 0 Å². The van der Waals surface area contributed by atoms with E-state index in [1.807, 2.05) is 0 Å². The maximum absolute atomic E-state index is 12.7. The summed E-state index contributed by atoms with van der Waals surface area (Å²) in [5.41, 5.74) is -0.551. The quantitative estimate of drug-likeness (QED) is 0.569. The van der Waals surface area contributed by atoms with Crippen LogP contribution in [0.3, 0.4) is 0 Å². The maximum Gasteiger partial charge on any atom is 0.195 e. The average Bonchev–Trinajstić information content (AvgIpc) is 2.26. The topological polar surface area (TPSA) is 64.7 Å². The summed E-state index contributed by atoms with van der Waals surface area (Å²) >= 11 is 0. The second-order valence-corrected chi connectivity index (χ2v) is 2.81. The summed E-state index contributed by atoms with van der Waals surface area (Å²) < 4.78 is 38.0. The lowest BCUT2D eigenvalue weighted by molar-refractivity contribution is 0.0969. The first-order valence-electron chi connectivity index (χ1n) is 3.99. The Balaban J connectivity index is 3.23. The number of rotatable bonds is 2. The standard InChI is InChI=1S/C10H3F3N2O/c11-7-1-5(2-8(12)9(7)13)10(16)6(3-14)4-15/h1-2,6H. The molecular formula is C10H3F3N2O. The van der Waals surface area contributed by atoms with Crippen LogP contribution in [0.5, 0.6) is 0 Å². The predicted octanol–water partition coefficient (Wildman–Crippen LogP) is 1.95. The molecule has 0 aromatic heterocycles. The van der Waals surface area contributed by atoms with Crippen molar-refractivity contribution in [2.45, 2.75) is 0 Å². The van der Waals surface area contributed by atoms with Gasteiger partial charge in [-0.15, -0.1) is 0 Å². The van der Waals surface area contributed by atoms with Crippen LogP contribution in [-0.4, -0.2) is 5.78 Å². The number of ketones is 1. The molecule has 6 heteroatoms. The third-order valence-corrected chi connectivity index (χ3v) is 1.79. The van der Waals surface area contributed by atoms with Crippen molar-refractivity contribution in [1.29, 1.82) is 10.5 Å². The Labute approximate surface area is 88.3 Å². The number of hydrogen-bond acceptors (Lipinski definition) is 3. The normalized spacial score (nSPS) is 9.62. The molecule has 0 atom stereocenters. The minimum atomic E-state index is -1.71. The number of hydrogen-bond donors (Lipinski definition) is 0. The van der Waals surface area contributed by atoms with Gasteiger partial charge >= 0.3 is 0 Å². The molecule has 3 nitrogen and oxygen atoms in total. The van der Waals surface area contributed by atoms with Crippen molar-refractivity contribution in [1.82, 2.24) is 0 Å². The van der Waals surface area contributed by atoms with Crippen LogP contribution < -0.4 is 0 Å². The minimum Gasteiger partial charge on any atom is -0.291 e. The zero-order chi connectivity index (χ0) is 12.3. The molecule has 0 unspecified atom stereocenters. The van der Waals surface area contributed by atoms with Gasteiger partial charge in [0.25, 0.3) is 0 Å². The van der Waals surface area contributed by atoms with Crippen molar-refractivity contribution in [3.8, 4) is 12.1 Å². The number of nitrogens with zero attached hydrogens (tertiary/aromatic N) is 2. The summed E-state index contributed by atoms with van der Waals surface area (Å²) in [5.74, 6) is -7.52. The van der Waals surface area contributed by atoms with Crippen LogP contribution >= 0.6 is 0 Å². The van der Waals surface area contributed by atoms with E-state index in [4.69, 9.17) is 10.5 Å². The van der Waals surface area contributed by atoms with Crippen molar-refractivity contribution in [2.75, 3.05) is 0 Å². The van der Waals surface area contributed by atoms with Crippen LogP contribution in [-0.2, 0) is 0 Å². The summed E-state index contributed by atoms with van der Waals surface area (Å²) in [4.78, 5) is 11.3. The highest BCUT2D eigenvalue weighted by Gasteiger charge is 2.22. The molecule has 80 valence electrons. The van der Waals surface area contributed by atoms with Gasteiger partial charge in [-0.05, 0) is 12.1 Å². The maximum atomic E-state index is 12.7. The number of halogens is 3. The van der Waals surface area contributed by atoms with Crippen LogP contribution in [0.2, 0.25) is 0 Å². The first kappa shape index (κ1) is 11.7. The Morgan fingerprint density at radius 1 is 1.12 bits per heavy atom. The lowest BCUT2D eigenvalue weighted by atomic mass is 10.00. The Bertz CT molecular complexity index is 491. The van der Waals surface area contributed by atoms with Gasteiger partial charge in [0.05, 0.1) is 12.1 Å². The monoisotopic (exact) mass is 224 g/mol. The number of carbonyl (C=O) groups excluding carboxylic acids is 1. The van der Waals surface area contributed by atoms with Crippen LogP contribution in [0.1, 0.15) is 10.4 Å². The first-order chi connectivity index (χ1) is 7.51. The van der Waals surface area contributed by atoms with Gasteiger partial charge in [0, 0.05) is 5.56 Å². The van der Waals surface area contributed by atoms with Crippen molar-refractivity contribution >= 4 is 5.78 Å². The van der Waals surface area contributed by atoms with Crippen LogP contribution in [0.15, 0.2) is 12.1 Å². The molecule has 0 amide bonds. The van der Waals surface area contributed by atoms with E-state index in [9.17, 15) is 18.0 Å². The van der Waals surface area contributed by atoms with Gasteiger partial charge in [-0.3, -0.25) is 4.79 Å². The summed E-state index contributed by atoms with van der Waals surface area (Å²) in [5, 5.41) is 16.8. The second-order valence-electron chi connectivity index (χ2n) is 2.81. The van der Waals surface area contributed by atoms with E-state index in [0.29, 0.717) is 12.1 Å². The summed E-state index contributed by atoms with van der Waals surface area (Å²) in [6, 6.07) is 3.60. The molecule has 1 aromatic rings. The molecule has 0 saturated carbocycles. The third kappa shape index (κ3) is 2.01. The SMILES string of the molecule is N#CC(C#N)C(=O)c1cc(F)c(F)c(F)c1. The Morgan fingerprint density at radius 2 is 1.56 bits per heavy atom. The Kier molecular flexibility index (Phi) is 3.27. The lowest BCUT2D eigenvalue weighted by Crippen LogP contribution is -2.12. The Morgan fingerprint density at radius 3 is 1.94 bits per heavy atom. The molecule has 16 heavy (non-hydrogen) atoms. The molecular weight excluding hydrogens is 221 g/mol. The van der Waals surface area contributed by atoms with E-state index >= 15 is 0 Å². The second kappa shape index (κ2) is 4.45. The van der Waals surface area contributed by atoms with E-state index in [2.05, 4.69) is 0 Å². The fraction of sp³-hybridized carbons (Fsp3) is 0.100. The highest BCUT2D eigenvalue weighted by molar-refractivity contribution is 6.00. The summed E-state index contributed by atoms with van der Waals surface area (Å²) in [6.45, 7) is 0. The van der Waals surface area contributed by atoms with Gasteiger partial charge in [0.1, 0.15) is 0 Å². The third-order valence-electron chi connectivity index (χ3n) is 1.79. The van der Waals surface area contributed by atoms with Crippen molar-refractivity contribution in [3.05, 3.63) is 35.1 Å². The summed E-state index contributed by atoms with van der Waals surface area (Å²) in [6.07, 6.45) is 0. The molecule has 0 bridgehead atoms.